The van der Waals surface area contributed by atoms with Gasteiger partial charge < -0.3 is 16.2 Å². The third-order valence-corrected chi connectivity index (χ3v) is 5.76. The Morgan fingerprint density at radius 1 is 1.10 bits per heavy atom. The van der Waals surface area contributed by atoms with E-state index in [1.807, 2.05) is 31.2 Å². The number of hydrazine groups is 1. The van der Waals surface area contributed by atoms with Gasteiger partial charge >= 0.3 is 0 Å². The lowest BCUT2D eigenvalue weighted by Gasteiger charge is -2.14. The molecule has 5 N–H and O–H groups in total. The van der Waals surface area contributed by atoms with Gasteiger partial charge in [-0.25, -0.2) is 23.0 Å². The predicted octanol–water partition coefficient (Wildman–Crippen LogP) is 1.94. The molecule has 0 aliphatic rings. The van der Waals surface area contributed by atoms with Gasteiger partial charge in [0.1, 0.15) is 11.6 Å². The second kappa shape index (κ2) is 10.1. The minimum absolute atomic E-state index is 0.0806. The van der Waals surface area contributed by atoms with Crippen LogP contribution in [0.5, 0.6) is 0 Å². The Hall–Kier alpha value is -2.75. The summed E-state index contributed by atoms with van der Waals surface area (Å²) in [5.41, 5.74) is 8.22. The highest BCUT2D eigenvalue weighted by Gasteiger charge is 2.17. The summed E-state index contributed by atoms with van der Waals surface area (Å²) >= 11 is 0. The van der Waals surface area contributed by atoms with Crippen molar-refractivity contribution < 1.29 is 12.8 Å². The van der Waals surface area contributed by atoms with Crippen LogP contribution in [0.25, 0.3) is 0 Å². The molecule has 29 heavy (non-hydrogen) atoms. The first-order valence-corrected chi connectivity index (χ1v) is 10.5. The molecule has 2 rings (SSSR count). The molecular formula is C20H26FN5O2S. The Bertz CT molecular complexity index is 1010. The van der Waals surface area contributed by atoms with Gasteiger partial charge in [-0.1, -0.05) is 30.3 Å². The summed E-state index contributed by atoms with van der Waals surface area (Å²) in [5.74, 6) is -0.0888. The van der Waals surface area contributed by atoms with Crippen LogP contribution in [0.3, 0.4) is 0 Å². The van der Waals surface area contributed by atoms with E-state index < -0.39 is 15.8 Å². The first-order valence-electron chi connectivity index (χ1n) is 9.03. The van der Waals surface area contributed by atoms with Gasteiger partial charge in [-0.15, -0.1) is 0 Å². The second-order valence-corrected chi connectivity index (χ2v) is 8.13. The molecule has 0 radical (unpaired) electrons. The third-order valence-electron chi connectivity index (χ3n) is 4.16. The van der Waals surface area contributed by atoms with Crippen molar-refractivity contribution in [2.24, 2.45) is 0 Å². The highest BCUT2D eigenvalue weighted by Crippen LogP contribution is 2.15. The molecular weight excluding hydrogens is 393 g/mol. The van der Waals surface area contributed by atoms with E-state index in [1.165, 1.54) is 12.1 Å². The van der Waals surface area contributed by atoms with Crippen molar-refractivity contribution in [1.29, 1.82) is 5.41 Å². The Morgan fingerprint density at radius 3 is 2.52 bits per heavy atom. The smallest absolute Gasteiger partial charge is 0.240 e. The SMILES string of the molecule is CNN/C(=C\C(=N)c1ccccc1C)NCCNS(=O)(=O)c1cc(F)ccc1C. The summed E-state index contributed by atoms with van der Waals surface area (Å²) in [6.07, 6.45) is 1.62. The van der Waals surface area contributed by atoms with E-state index in [1.54, 1.807) is 20.0 Å². The molecule has 156 valence electrons. The molecule has 2 aromatic carbocycles. The quantitative estimate of drug-likeness (QED) is 0.230. The summed E-state index contributed by atoms with van der Waals surface area (Å²) in [6.45, 7) is 3.88. The number of allylic oxidation sites excluding steroid dienone is 1. The molecule has 0 aliphatic carbocycles. The van der Waals surface area contributed by atoms with Gasteiger partial charge in [0.2, 0.25) is 10.0 Å². The largest absolute Gasteiger partial charge is 0.369 e. The van der Waals surface area contributed by atoms with Crippen molar-refractivity contribution in [1.82, 2.24) is 20.9 Å². The zero-order valence-electron chi connectivity index (χ0n) is 16.6. The van der Waals surface area contributed by atoms with Gasteiger partial charge in [-0.3, -0.25) is 0 Å². The lowest BCUT2D eigenvalue weighted by atomic mass is 10.0. The molecule has 0 amide bonds. The van der Waals surface area contributed by atoms with E-state index in [-0.39, 0.29) is 18.0 Å². The fourth-order valence-electron chi connectivity index (χ4n) is 2.69. The Kier molecular flexibility index (Phi) is 7.89. The molecule has 0 heterocycles. The van der Waals surface area contributed by atoms with Crippen LogP contribution < -0.4 is 20.9 Å². The van der Waals surface area contributed by atoms with Crippen LogP contribution in [0, 0.1) is 25.1 Å². The standard InChI is InChI=1S/C20H26FN5O2S/c1-14-6-4-5-7-17(14)18(22)13-20(26-23-3)24-10-11-25-29(27,28)19-12-16(21)9-8-15(19)2/h4-9,12-13,22-26H,10-11H2,1-3H3/b20-13-,22-18?. The van der Waals surface area contributed by atoms with Crippen molar-refractivity contribution in [2.45, 2.75) is 18.7 Å². The van der Waals surface area contributed by atoms with Crippen molar-refractivity contribution in [3.05, 3.63) is 76.9 Å². The third kappa shape index (κ3) is 6.38. The van der Waals surface area contributed by atoms with E-state index in [0.29, 0.717) is 17.1 Å². The fourth-order valence-corrected chi connectivity index (χ4v) is 3.97. The molecule has 0 spiro atoms. The molecule has 0 saturated carbocycles. The van der Waals surface area contributed by atoms with E-state index >= 15 is 0 Å². The highest BCUT2D eigenvalue weighted by atomic mass is 32.2. The number of nitrogens with one attached hydrogen (secondary N) is 5. The molecule has 0 aromatic heterocycles. The Labute approximate surface area is 170 Å². The van der Waals surface area contributed by atoms with Crippen molar-refractivity contribution in [2.75, 3.05) is 20.1 Å². The number of hydrogen-bond acceptors (Lipinski definition) is 6. The Balaban J connectivity index is 2.00. The minimum atomic E-state index is -3.82. The van der Waals surface area contributed by atoms with Crippen LogP contribution in [0.2, 0.25) is 0 Å². The zero-order chi connectivity index (χ0) is 21.4. The fraction of sp³-hybridized carbons (Fsp3) is 0.250. The van der Waals surface area contributed by atoms with Crippen LogP contribution in [-0.2, 0) is 10.0 Å². The van der Waals surface area contributed by atoms with E-state index in [0.717, 1.165) is 17.2 Å². The lowest BCUT2D eigenvalue weighted by molar-refractivity contribution is 0.570. The van der Waals surface area contributed by atoms with Gasteiger partial charge in [0, 0.05) is 31.8 Å². The first-order chi connectivity index (χ1) is 13.7. The van der Waals surface area contributed by atoms with Crippen LogP contribution >= 0.6 is 0 Å². The van der Waals surface area contributed by atoms with E-state index in [2.05, 4.69) is 20.9 Å². The topological polar surface area (TPSA) is 106 Å². The van der Waals surface area contributed by atoms with Crippen LogP contribution in [0.15, 0.2) is 59.3 Å². The van der Waals surface area contributed by atoms with Crippen molar-refractivity contribution in [3.8, 4) is 0 Å². The zero-order valence-corrected chi connectivity index (χ0v) is 17.5. The summed E-state index contributed by atoms with van der Waals surface area (Å²) in [5, 5.41) is 11.3. The predicted molar refractivity (Wildman–Crippen MR) is 113 cm³/mol. The van der Waals surface area contributed by atoms with Crippen molar-refractivity contribution >= 4 is 15.7 Å². The van der Waals surface area contributed by atoms with Gasteiger partial charge in [0.05, 0.1) is 10.6 Å². The molecule has 0 aliphatic heterocycles. The summed E-state index contributed by atoms with van der Waals surface area (Å²) in [7, 11) is -2.14. The summed E-state index contributed by atoms with van der Waals surface area (Å²) in [4.78, 5) is -0.0806. The van der Waals surface area contributed by atoms with Crippen LogP contribution in [0.1, 0.15) is 16.7 Å². The molecule has 0 atom stereocenters. The lowest BCUT2D eigenvalue weighted by Crippen LogP contribution is -2.39. The molecule has 7 nitrogen and oxygen atoms in total. The van der Waals surface area contributed by atoms with E-state index in [4.69, 9.17) is 5.41 Å². The number of hydrogen-bond donors (Lipinski definition) is 5. The average molecular weight is 420 g/mol. The van der Waals surface area contributed by atoms with E-state index in [9.17, 15) is 12.8 Å². The maximum atomic E-state index is 13.4. The molecule has 9 heteroatoms. The number of rotatable bonds is 10. The summed E-state index contributed by atoms with van der Waals surface area (Å²) in [6, 6.07) is 11.2. The number of aryl methyl sites for hydroxylation is 2. The monoisotopic (exact) mass is 419 g/mol. The van der Waals surface area contributed by atoms with Crippen LogP contribution in [-0.4, -0.2) is 34.3 Å². The second-order valence-electron chi connectivity index (χ2n) is 6.40. The van der Waals surface area contributed by atoms with Gasteiger partial charge in [-0.2, -0.15) is 0 Å². The van der Waals surface area contributed by atoms with Crippen LogP contribution in [0.4, 0.5) is 4.39 Å². The maximum Gasteiger partial charge on any atom is 0.240 e. The van der Waals surface area contributed by atoms with Gasteiger partial charge in [0.25, 0.3) is 0 Å². The minimum Gasteiger partial charge on any atom is -0.369 e. The van der Waals surface area contributed by atoms with Gasteiger partial charge in [-0.05, 0) is 37.1 Å². The number of sulfonamides is 1. The first kappa shape index (κ1) is 22.5. The average Bonchev–Trinajstić information content (AvgIpc) is 2.67. The molecule has 0 unspecified atom stereocenters. The molecule has 0 saturated heterocycles. The Morgan fingerprint density at radius 2 is 1.83 bits per heavy atom. The normalized spacial score (nSPS) is 11.9. The number of benzene rings is 2. The van der Waals surface area contributed by atoms with Gasteiger partial charge in [0.15, 0.2) is 0 Å². The molecule has 2 aromatic rings. The molecule has 0 fully saturated rings. The summed E-state index contributed by atoms with van der Waals surface area (Å²) < 4.78 is 40.6. The molecule has 0 bridgehead atoms. The number of halogens is 1. The maximum absolute atomic E-state index is 13.4. The highest BCUT2D eigenvalue weighted by molar-refractivity contribution is 7.89. The van der Waals surface area contributed by atoms with Crippen molar-refractivity contribution in [3.63, 3.8) is 0 Å².